The van der Waals surface area contributed by atoms with E-state index in [9.17, 15) is 4.39 Å². The normalized spacial score (nSPS) is 10.4. The summed E-state index contributed by atoms with van der Waals surface area (Å²) in [6.07, 6.45) is 0. The van der Waals surface area contributed by atoms with Crippen LogP contribution in [0.15, 0.2) is 52.3 Å². The minimum Gasteiger partial charge on any atom is -0.399 e. The second-order valence-corrected chi connectivity index (χ2v) is 4.78. The number of hydrogen-bond donors (Lipinski definition) is 1. The van der Waals surface area contributed by atoms with Crippen LogP contribution in [0.5, 0.6) is 0 Å². The molecule has 0 radical (unpaired) electrons. The standard InChI is InChI=1S/C12H9ClFNS/c13-11-3-1-2-4-12(11)16-10-6-8(14)5-9(15)7-10/h1-7H,15H2. The lowest BCUT2D eigenvalue weighted by molar-refractivity contribution is 0.625. The third-order valence-corrected chi connectivity index (χ3v) is 3.45. The monoisotopic (exact) mass is 253 g/mol. The van der Waals surface area contributed by atoms with E-state index in [2.05, 4.69) is 0 Å². The summed E-state index contributed by atoms with van der Waals surface area (Å²) in [5.74, 6) is -0.338. The van der Waals surface area contributed by atoms with Gasteiger partial charge in [-0.05, 0) is 30.3 Å². The Kier molecular flexibility index (Phi) is 3.36. The second kappa shape index (κ2) is 4.76. The van der Waals surface area contributed by atoms with Crippen LogP contribution in [0.1, 0.15) is 0 Å². The van der Waals surface area contributed by atoms with Gasteiger partial charge in [0.1, 0.15) is 5.82 Å². The zero-order chi connectivity index (χ0) is 11.5. The van der Waals surface area contributed by atoms with Gasteiger partial charge < -0.3 is 5.73 Å². The molecule has 4 heteroatoms. The van der Waals surface area contributed by atoms with Gasteiger partial charge in [0, 0.05) is 15.5 Å². The van der Waals surface area contributed by atoms with Crippen molar-refractivity contribution in [2.75, 3.05) is 5.73 Å². The number of hydrogen-bond acceptors (Lipinski definition) is 2. The number of nitrogen functional groups attached to an aromatic ring is 1. The summed E-state index contributed by atoms with van der Waals surface area (Å²) < 4.78 is 13.1. The van der Waals surface area contributed by atoms with Crippen molar-refractivity contribution in [2.24, 2.45) is 0 Å². The molecule has 0 saturated carbocycles. The van der Waals surface area contributed by atoms with E-state index in [1.165, 1.54) is 23.9 Å². The van der Waals surface area contributed by atoms with Gasteiger partial charge in [0.15, 0.2) is 0 Å². The van der Waals surface area contributed by atoms with Gasteiger partial charge in [-0.2, -0.15) is 0 Å². The molecule has 2 rings (SSSR count). The molecule has 2 aromatic carbocycles. The molecular weight excluding hydrogens is 245 g/mol. The highest BCUT2D eigenvalue weighted by Gasteiger charge is 2.04. The van der Waals surface area contributed by atoms with Crippen LogP contribution >= 0.6 is 23.4 Å². The third-order valence-electron chi connectivity index (χ3n) is 1.96. The molecule has 0 heterocycles. The van der Waals surface area contributed by atoms with Gasteiger partial charge in [0.05, 0.1) is 5.02 Å². The second-order valence-electron chi connectivity index (χ2n) is 3.25. The Bertz CT molecular complexity index is 496. The van der Waals surface area contributed by atoms with Crippen LogP contribution in [-0.2, 0) is 0 Å². The highest BCUT2D eigenvalue weighted by molar-refractivity contribution is 7.99. The van der Waals surface area contributed by atoms with Crippen molar-refractivity contribution in [1.82, 2.24) is 0 Å². The first-order valence-corrected chi connectivity index (χ1v) is 5.83. The van der Waals surface area contributed by atoms with E-state index in [1.54, 1.807) is 12.1 Å². The fraction of sp³-hybridized carbons (Fsp3) is 0. The molecule has 2 aromatic rings. The summed E-state index contributed by atoms with van der Waals surface area (Å²) in [6.45, 7) is 0. The number of halogens is 2. The largest absolute Gasteiger partial charge is 0.399 e. The van der Waals surface area contributed by atoms with Crippen LogP contribution < -0.4 is 5.73 Å². The van der Waals surface area contributed by atoms with Gasteiger partial charge in [0.2, 0.25) is 0 Å². The number of anilines is 1. The third kappa shape index (κ3) is 2.68. The van der Waals surface area contributed by atoms with E-state index in [-0.39, 0.29) is 5.82 Å². The molecule has 0 saturated heterocycles. The van der Waals surface area contributed by atoms with E-state index >= 15 is 0 Å². The molecule has 16 heavy (non-hydrogen) atoms. The van der Waals surface area contributed by atoms with Gasteiger partial charge in [-0.3, -0.25) is 0 Å². The quantitative estimate of drug-likeness (QED) is 0.812. The number of benzene rings is 2. The van der Waals surface area contributed by atoms with Crippen molar-refractivity contribution >= 4 is 29.1 Å². The van der Waals surface area contributed by atoms with Crippen molar-refractivity contribution in [3.05, 3.63) is 53.3 Å². The Hall–Kier alpha value is -1.19. The van der Waals surface area contributed by atoms with Crippen molar-refractivity contribution < 1.29 is 4.39 Å². The topological polar surface area (TPSA) is 26.0 Å². The zero-order valence-corrected chi connectivity index (χ0v) is 9.86. The van der Waals surface area contributed by atoms with Crippen molar-refractivity contribution in [3.8, 4) is 0 Å². The van der Waals surface area contributed by atoms with Crippen LogP contribution in [0, 0.1) is 5.82 Å². The average molecular weight is 254 g/mol. The Morgan fingerprint density at radius 3 is 2.56 bits per heavy atom. The van der Waals surface area contributed by atoms with E-state index in [0.29, 0.717) is 10.7 Å². The van der Waals surface area contributed by atoms with E-state index in [4.69, 9.17) is 17.3 Å². The van der Waals surface area contributed by atoms with Crippen molar-refractivity contribution in [3.63, 3.8) is 0 Å². The molecule has 0 amide bonds. The first-order valence-electron chi connectivity index (χ1n) is 4.63. The Labute approximate surface area is 102 Å². The molecule has 82 valence electrons. The van der Waals surface area contributed by atoms with Crippen LogP contribution in [0.3, 0.4) is 0 Å². The molecule has 2 N–H and O–H groups in total. The van der Waals surface area contributed by atoms with E-state index in [0.717, 1.165) is 9.79 Å². The summed E-state index contributed by atoms with van der Waals surface area (Å²) in [4.78, 5) is 1.62. The molecule has 1 nitrogen and oxygen atoms in total. The van der Waals surface area contributed by atoms with Crippen molar-refractivity contribution in [1.29, 1.82) is 0 Å². The highest BCUT2D eigenvalue weighted by atomic mass is 35.5. The average Bonchev–Trinajstić information content (AvgIpc) is 2.20. The SMILES string of the molecule is Nc1cc(F)cc(Sc2ccccc2Cl)c1. The van der Waals surface area contributed by atoms with Gasteiger partial charge >= 0.3 is 0 Å². The summed E-state index contributed by atoms with van der Waals surface area (Å²) in [7, 11) is 0. The van der Waals surface area contributed by atoms with E-state index < -0.39 is 0 Å². The predicted molar refractivity (Wildman–Crippen MR) is 66.4 cm³/mol. The fourth-order valence-corrected chi connectivity index (χ4v) is 2.48. The predicted octanol–water partition coefficient (Wildman–Crippen LogP) is 4.21. The molecular formula is C12H9ClFNS. The summed E-state index contributed by atoms with van der Waals surface area (Å²) in [6, 6.07) is 11.9. The minimum absolute atomic E-state index is 0.338. The maximum Gasteiger partial charge on any atom is 0.126 e. The molecule has 0 bridgehead atoms. The molecule has 0 unspecified atom stereocenters. The molecule has 0 aliphatic heterocycles. The minimum atomic E-state index is -0.338. The van der Waals surface area contributed by atoms with Crippen LogP contribution in [0.4, 0.5) is 10.1 Å². The van der Waals surface area contributed by atoms with Crippen LogP contribution in [-0.4, -0.2) is 0 Å². The van der Waals surface area contributed by atoms with Gasteiger partial charge in [-0.1, -0.05) is 35.5 Å². The molecule has 0 spiro atoms. The molecule has 0 atom stereocenters. The zero-order valence-electron chi connectivity index (χ0n) is 8.28. The summed E-state index contributed by atoms with van der Waals surface area (Å²) in [5.41, 5.74) is 5.98. The summed E-state index contributed by atoms with van der Waals surface area (Å²) >= 11 is 7.40. The van der Waals surface area contributed by atoms with Gasteiger partial charge in [0.25, 0.3) is 0 Å². The lowest BCUT2D eigenvalue weighted by Crippen LogP contribution is -1.87. The maximum atomic E-state index is 13.1. The van der Waals surface area contributed by atoms with Crippen LogP contribution in [0.2, 0.25) is 5.02 Å². The number of nitrogens with two attached hydrogens (primary N) is 1. The molecule has 0 aliphatic rings. The Balaban J connectivity index is 2.30. The van der Waals surface area contributed by atoms with Crippen LogP contribution in [0.25, 0.3) is 0 Å². The highest BCUT2D eigenvalue weighted by Crippen LogP contribution is 2.34. The first-order chi connectivity index (χ1) is 7.65. The van der Waals surface area contributed by atoms with Gasteiger partial charge in [-0.25, -0.2) is 4.39 Å². The number of rotatable bonds is 2. The fourth-order valence-electron chi connectivity index (χ4n) is 1.30. The smallest absolute Gasteiger partial charge is 0.126 e. The summed E-state index contributed by atoms with van der Waals surface area (Å²) in [5, 5.41) is 0.648. The Morgan fingerprint density at radius 2 is 1.88 bits per heavy atom. The van der Waals surface area contributed by atoms with Crippen molar-refractivity contribution in [2.45, 2.75) is 9.79 Å². The lowest BCUT2D eigenvalue weighted by Gasteiger charge is -2.04. The molecule has 0 aliphatic carbocycles. The maximum absolute atomic E-state index is 13.1. The Morgan fingerprint density at radius 1 is 1.12 bits per heavy atom. The lowest BCUT2D eigenvalue weighted by atomic mass is 10.3. The van der Waals surface area contributed by atoms with Gasteiger partial charge in [-0.15, -0.1) is 0 Å². The molecule has 0 fully saturated rings. The first kappa shape index (κ1) is 11.3. The van der Waals surface area contributed by atoms with E-state index in [1.807, 2.05) is 18.2 Å². The molecule has 0 aromatic heterocycles.